The zero-order valence-corrected chi connectivity index (χ0v) is 20.8. The average molecular weight is 490 g/mol. The third kappa shape index (κ3) is 5.54. The largest absolute Gasteiger partial charge is 0.466 e. The van der Waals surface area contributed by atoms with Gasteiger partial charge in [-0.2, -0.15) is 0 Å². The first kappa shape index (κ1) is 25.3. The van der Waals surface area contributed by atoms with Crippen LogP contribution in [-0.4, -0.2) is 43.1 Å². The molecule has 2 heterocycles. The molecule has 0 aliphatic carbocycles. The number of carbonyl (C=O) groups is 2. The van der Waals surface area contributed by atoms with E-state index in [1.807, 2.05) is 18.2 Å². The second kappa shape index (κ2) is 11.3. The number of nitrogens with zero attached hydrogens (tertiary/aromatic N) is 2. The number of methoxy groups -OCH3 is 1. The highest BCUT2D eigenvalue weighted by Crippen LogP contribution is 2.40. The van der Waals surface area contributed by atoms with Gasteiger partial charge in [-0.25, -0.2) is 9.59 Å². The van der Waals surface area contributed by atoms with Gasteiger partial charge in [0, 0.05) is 24.5 Å². The van der Waals surface area contributed by atoms with Crippen molar-refractivity contribution in [3.8, 4) is 0 Å². The Balaban J connectivity index is 1.60. The summed E-state index contributed by atoms with van der Waals surface area (Å²) in [6, 6.07) is 16.8. The van der Waals surface area contributed by atoms with Crippen LogP contribution in [0.4, 0.5) is 5.69 Å². The number of ether oxygens (including phenoxy) is 2. The summed E-state index contributed by atoms with van der Waals surface area (Å²) in [5, 5.41) is 6.17. The molecule has 2 unspecified atom stereocenters. The Morgan fingerprint density at radius 3 is 2.44 bits per heavy atom. The number of hydrogen-bond donors (Lipinski definition) is 1. The average Bonchev–Trinajstić information content (AvgIpc) is 2.88. The molecule has 0 saturated carbocycles. The van der Waals surface area contributed by atoms with Crippen molar-refractivity contribution in [3.05, 3.63) is 93.2 Å². The van der Waals surface area contributed by atoms with Crippen molar-refractivity contribution in [1.82, 2.24) is 10.2 Å². The third-order valence-electron chi connectivity index (χ3n) is 6.68. The molecule has 2 aromatic carbocycles. The predicted octanol–water partition coefficient (Wildman–Crippen LogP) is 4.70. The molecule has 1 saturated heterocycles. The SMILES string of the molecule is COC(=O)C1=C(C)NC(C)=C(C(=O)OC2CCCN(Cc3ccccc3)C2)C1c1cccc(N=O)c1. The summed E-state index contributed by atoms with van der Waals surface area (Å²) in [5.74, 6) is -1.80. The number of dihydropyridines is 1. The monoisotopic (exact) mass is 489 g/mol. The molecule has 0 spiro atoms. The van der Waals surface area contributed by atoms with Gasteiger partial charge < -0.3 is 14.8 Å². The quantitative estimate of drug-likeness (QED) is 0.445. The number of piperidine rings is 1. The smallest absolute Gasteiger partial charge is 0.337 e. The first-order valence-electron chi connectivity index (χ1n) is 12.1. The highest BCUT2D eigenvalue weighted by atomic mass is 16.5. The fourth-order valence-corrected chi connectivity index (χ4v) is 5.05. The molecule has 0 bridgehead atoms. The molecule has 2 aliphatic heterocycles. The Kier molecular flexibility index (Phi) is 7.95. The maximum Gasteiger partial charge on any atom is 0.337 e. The van der Waals surface area contributed by atoms with Gasteiger partial charge in [-0.3, -0.25) is 4.90 Å². The maximum absolute atomic E-state index is 13.6. The molecule has 0 amide bonds. The minimum Gasteiger partial charge on any atom is -0.466 e. The summed E-state index contributed by atoms with van der Waals surface area (Å²) in [4.78, 5) is 40.0. The van der Waals surface area contributed by atoms with Gasteiger partial charge in [-0.15, -0.1) is 4.91 Å². The lowest BCUT2D eigenvalue weighted by atomic mass is 9.80. The maximum atomic E-state index is 13.6. The summed E-state index contributed by atoms with van der Waals surface area (Å²) in [5.41, 5.74) is 3.81. The zero-order valence-electron chi connectivity index (χ0n) is 20.8. The van der Waals surface area contributed by atoms with E-state index >= 15 is 0 Å². The second-order valence-electron chi connectivity index (χ2n) is 9.20. The number of carbonyl (C=O) groups excluding carboxylic acids is 2. The minimum atomic E-state index is -0.753. The molecular formula is C28H31N3O5. The van der Waals surface area contributed by atoms with E-state index in [4.69, 9.17) is 9.47 Å². The fraction of sp³-hybridized carbons (Fsp3) is 0.357. The predicted molar refractivity (Wildman–Crippen MR) is 136 cm³/mol. The van der Waals surface area contributed by atoms with E-state index < -0.39 is 17.9 Å². The van der Waals surface area contributed by atoms with Crippen LogP contribution in [0.2, 0.25) is 0 Å². The molecule has 2 aromatic rings. The van der Waals surface area contributed by atoms with Crippen molar-refractivity contribution in [3.63, 3.8) is 0 Å². The van der Waals surface area contributed by atoms with E-state index in [0.717, 1.165) is 25.9 Å². The van der Waals surface area contributed by atoms with Crippen molar-refractivity contribution in [2.45, 2.75) is 45.3 Å². The van der Waals surface area contributed by atoms with Crippen LogP contribution in [0.1, 0.15) is 43.7 Å². The summed E-state index contributed by atoms with van der Waals surface area (Å²) in [7, 11) is 1.30. The molecule has 0 radical (unpaired) electrons. The number of esters is 2. The molecule has 2 atom stereocenters. The molecule has 1 fully saturated rings. The number of likely N-dealkylation sites (tertiary alicyclic amines) is 1. The Hall–Kier alpha value is -3.78. The van der Waals surface area contributed by atoms with Crippen LogP contribution in [0.3, 0.4) is 0 Å². The van der Waals surface area contributed by atoms with Crippen molar-refractivity contribution in [2.24, 2.45) is 5.18 Å². The standard InChI is InChI=1S/C28H31N3O5/c1-18-24(27(32)35-3)26(21-11-7-12-22(15-21)30-34)25(19(2)29-18)28(33)36-23-13-8-14-31(17-23)16-20-9-5-4-6-10-20/h4-7,9-12,15,23,26,29H,8,13-14,16-17H2,1-3H3. The van der Waals surface area contributed by atoms with Gasteiger partial charge in [0.1, 0.15) is 11.8 Å². The van der Waals surface area contributed by atoms with E-state index in [0.29, 0.717) is 34.6 Å². The molecule has 8 heteroatoms. The van der Waals surface area contributed by atoms with E-state index in [2.05, 4.69) is 27.5 Å². The van der Waals surface area contributed by atoms with Gasteiger partial charge >= 0.3 is 11.9 Å². The molecule has 0 aromatic heterocycles. The third-order valence-corrected chi connectivity index (χ3v) is 6.68. The van der Waals surface area contributed by atoms with Gasteiger partial charge in [0.15, 0.2) is 0 Å². The molecule has 2 aliphatic rings. The second-order valence-corrected chi connectivity index (χ2v) is 9.20. The van der Waals surface area contributed by atoms with E-state index in [1.54, 1.807) is 38.1 Å². The minimum absolute atomic E-state index is 0.210. The van der Waals surface area contributed by atoms with Crippen molar-refractivity contribution in [2.75, 3.05) is 20.2 Å². The van der Waals surface area contributed by atoms with Crippen LogP contribution in [0, 0.1) is 4.91 Å². The van der Waals surface area contributed by atoms with Crippen LogP contribution >= 0.6 is 0 Å². The highest BCUT2D eigenvalue weighted by Gasteiger charge is 2.39. The first-order valence-corrected chi connectivity index (χ1v) is 12.1. The van der Waals surface area contributed by atoms with Crippen LogP contribution in [-0.2, 0) is 25.6 Å². The molecule has 36 heavy (non-hydrogen) atoms. The Labute approximate surface area is 210 Å². The zero-order chi connectivity index (χ0) is 25.7. The summed E-state index contributed by atoms with van der Waals surface area (Å²) >= 11 is 0. The number of rotatable bonds is 7. The Bertz CT molecular complexity index is 1200. The number of benzene rings is 2. The van der Waals surface area contributed by atoms with Crippen LogP contribution in [0.5, 0.6) is 0 Å². The van der Waals surface area contributed by atoms with Gasteiger partial charge in [0.2, 0.25) is 0 Å². The topological polar surface area (TPSA) is 97.3 Å². The molecule has 4 rings (SSSR count). The number of hydrogen-bond acceptors (Lipinski definition) is 8. The number of allylic oxidation sites excluding steroid dienone is 2. The molecular weight excluding hydrogens is 458 g/mol. The number of nitroso groups, excluding NO2 is 1. The van der Waals surface area contributed by atoms with Crippen molar-refractivity contribution in [1.29, 1.82) is 0 Å². The lowest BCUT2D eigenvalue weighted by Gasteiger charge is -2.34. The summed E-state index contributed by atoms with van der Waals surface area (Å²) < 4.78 is 11.1. The lowest BCUT2D eigenvalue weighted by molar-refractivity contribution is -0.147. The van der Waals surface area contributed by atoms with Gasteiger partial charge in [0.25, 0.3) is 0 Å². The molecule has 188 valence electrons. The normalized spacial score (nSPS) is 20.5. The van der Waals surface area contributed by atoms with Crippen LogP contribution in [0.15, 0.2) is 82.3 Å². The van der Waals surface area contributed by atoms with E-state index in [-0.39, 0.29) is 11.8 Å². The first-order chi connectivity index (χ1) is 17.4. The van der Waals surface area contributed by atoms with Crippen LogP contribution < -0.4 is 5.32 Å². The molecule has 8 nitrogen and oxygen atoms in total. The highest BCUT2D eigenvalue weighted by molar-refractivity contribution is 6.00. The van der Waals surface area contributed by atoms with Gasteiger partial charge in [0.05, 0.1) is 24.2 Å². The van der Waals surface area contributed by atoms with Crippen LogP contribution in [0.25, 0.3) is 0 Å². The van der Waals surface area contributed by atoms with E-state index in [1.165, 1.54) is 12.7 Å². The fourth-order valence-electron chi connectivity index (χ4n) is 5.05. The molecule has 1 N–H and O–H groups in total. The van der Waals surface area contributed by atoms with Crippen molar-refractivity contribution < 1.29 is 19.1 Å². The number of nitrogens with one attached hydrogen (secondary N) is 1. The lowest BCUT2D eigenvalue weighted by Crippen LogP contribution is -2.41. The van der Waals surface area contributed by atoms with E-state index in [9.17, 15) is 14.5 Å². The summed E-state index contributed by atoms with van der Waals surface area (Å²) in [6.07, 6.45) is 1.42. The van der Waals surface area contributed by atoms with Gasteiger partial charge in [-0.05, 0) is 61.7 Å². The van der Waals surface area contributed by atoms with Gasteiger partial charge in [-0.1, -0.05) is 42.5 Å². The van der Waals surface area contributed by atoms with Crippen molar-refractivity contribution >= 4 is 17.6 Å². The Morgan fingerprint density at radius 1 is 1.03 bits per heavy atom. The summed E-state index contributed by atoms with van der Waals surface area (Å²) in [6.45, 7) is 5.91. The Morgan fingerprint density at radius 2 is 1.75 bits per heavy atom.